The molecular weight excluding hydrogens is 258 g/mol. The number of rotatable bonds is 1. The first-order chi connectivity index (χ1) is 10.3. The van der Waals surface area contributed by atoms with Gasteiger partial charge in [-0.2, -0.15) is 0 Å². The van der Waals surface area contributed by atoms with Gasteiger partial charge in [-0.25, -0.2) is 0 Å². The van der Waals surface area contributed by atoms with Crippen LogP contribution in [0.5, 0.6) is 0 Å². The van der Waals surface area contributed by atoms with E-state index >= 15 is 0 Å². The predicted molar refractivity (Wildman–Crippen MR) is 85.5 cm³/mol. The highest BCUT2D eigenvalue weighted by atomic mass is 16.5. The first-order valence-electron chi connectivity index (χ1n) is 8.79. The van der Waals surface area contributed by atoms with E-state index in [4.69, 9.17) is 4.74 Å². The zero-order valence-corrected chi connectivity index (χ0v) is 12.9. The molecule has 3 aliphatic rings. The minimum absolute atomic E-state index is 0.304. The van der Waals surface area contributed by atoms with Crippen LogP contribution in [0.3, 0.4) is 0 Å². The maximum absolute atomic E-state index is 6.30. The third-order valence-corrected chi connectivity index (χ3v) is 5.93. The molecule has 1 spiro atoms. The quantitative estimate of drug-likeness (QED) is 0.841. The SMILES string of the molecule is c1ccc(C2CCC3OCC4(CCCCC4)NC3C2)cc1. The molecule has 0 amide bonds. The Balaban J connectivity index is 1.47. The van der Waals surface area contributed by atoms with Crippen LogP contribution in [-0.4, -0.2) is 24.3 Å². The molecule has 21 heavy (non-hydrogen) atoms. The van der Waals surface area contributed by atoms with Crippen molar-refractivity contribution in [2.45, 2.75) is 75.0 Å². The third-order valence-electron chi connectivity index (χ3n) is 5.93. The van der Waals surface area contributed by atoms with Crippen molar-refractivity contribution in [1.82, 2.24) is 5.32 Å². The van der Waals surface area contributed by atoms with E-state index in [1.807, 2.05) is 0 Å². The van der Waals surface area contributed by atoms with Gasteiger partial charge in [0.2, 0.25) is 0 Å². The molecule has 3 atom stereocenters. The average molecular weight is 285 g/mol. The van der Waals surface area contributed by atoms with Crippen molar-refractivity contribution in [1.29, 1.82) is 0 Å². The zero-order chi connectivity index (χ0) is 14.1. The van der Waals surface area contributed by atoms with Crippen molar-refractivity contribution in [3.8, 4) is 0 Å². The highest BCUT2D eigenvalue weighted by molar-refractivity contribution is 5.21. The van der Waals surface area contributed by atoms with E-state index < -0.39 is 0 Å². The van der Waals surface area contributed by atoms with Crippen molar-refractivity contribution >= 4 is 0 Å². The fourth-order valence-corrected chi connectivity index (χ4v) is 4.74. The van der Waals surface area contributed by atoms with Gasteiger partial charge in [-0.05, 0) is 43.6 Å². The summed E-state index contributed by atoms with van der Waals surface area (Å²) in [7, 11) is 0. The zero-order valence-electron chi connectivity index (χ0n) is 12.9. The minimum atomic E-state index is 0.304. The Morgan fingerprint density at radius 2 is 1.81 bits per heavy atom. The number of benzene rings is 1. The average Bonchev–Trinajstić information content (AvgIpc) is 2.56. The number of nitrogens with one attached hydrogen (secondary N) is 1. The normalized spacial score (nSPS) is 35.3. The summed E-state index contributed by atoms with van der Waals surface area (Å²) in [4.78, 5) is 0. The summed E-state index contributed by atoms with van der Waals surface area (Å²) in [5, 5.41) is 4.05. The summed E-state index contributed by atoms with van der Waals surface area (Å²) in [6, 6.07) is 11.6. The van der Waals surface area contributed by atoms with Crippen molar-refractivity contribution < 1.29 is 4.74 Å². The molecule has 1 saturated heterocycles. The second-order valence-corrected chi connectivity index (χ2v) is 7.36. The van der Waals surface area contributed by atoms with E-state index in [1.54, 1.807) is 0 Å². The Labute approximate surface area is 128 Å². The lowest BCUT2D eigenvalue weighted by molar-refractivity contribution is -0.0899. The van der Waals surface area contributed by atoms with Crippen LogP contribution in [-0.2, 0) is 4.74 Å². The number of fused-ring (bicyclic) bond motifs is 1. The van der Waals surface area contributed by atoms with Gasteiger partial charge in [0.05, 0.1) is 12.7 Å². The lowest BCUT2D eigenvalue weighted by Crippen LogP contribution is -2.64. The molecule has 114 valence electrons. The molecule has 1 N–H and O–H groups in total. The van der Waals surface area contributed by atoms with Gasteiger partial charge in [0.1, 0.15) is 0 Å². The van der Waals surface area contributed by atoms with E-state index in [0.29, 0.717) is 23.6 Å². The molecule has 3 unspecified atom stereocenters. The van der Waals surface area contributed by atoms with Gasteiger partial charge in [-0.15, -0.1) is 0 Å². The van der Waals surface area contributed by atoms with Crippen molar-refractivity contribution in [3.63, 3.8) is 0 Å². The van der Waals surface area contributed by atoms with E-state index in [1.165, 1.54) is 56.9 Å². The van der Waals surface area contributed by atoms with Gasteiger partial charge in [-0.3, -0.25) is 0 Å². The summed E-state index contributed by atoms with van der Waals surface area (Å²) in [6.45, 7) is 0.949. The topological polar surface area (TPSA) is 21.3 Å². The van der Waals surface area contributed by atoms with Gasteiger partial charge in [0.25, 0.3) is 0 Å². The van der Waals surface area contributed by atoms with Gasteiger partial charge in [-0.1, -0.05) is 49.6 Å². The number of hydrogen-bond donors (Lipinski definition) is 1. The van der Waals surface area contributed by atoms with Gasteiger partial charge >= 0.3 is 0 Å². The highest BCUT2D eigenvalue weighted by Gasteiger charge is 2.43. The lowest BCUT2D eigenvalue weighted by atomic mass is 9.75. The molecule has 4 rings (SSSR count). The molecule has 1 aromatic carbocycles. The van der Waals surface area contributed by atoms with Crippen LogP contribution in [0, 0.1) is 0 Å². The largest absolute Gasteiger partial charge is 0.375 e. The standard InChI is InChI=1S/C19H27NO/c1-3-7-15(8-4-1)16-9-10-18-17(13-16)20-19(14-21-18)11-5-2-6-12-19/h1,3-4,7-8,16-18,20H,2,5-6,9-14H2. The maximum Gasteiger partial charge on any atom is 0.0729 e. The van der Waals surface area contributed by atoms with Crippen molar-refractivity contribution in [2.75, 3.05) is 6.61 Å². The predicted octanol–water partition coefficient (Wildman–Crippen LogP) is 4.01. The Hall–Kier alpha value is -0.860. The summed E-state index contributed by atoms with van der Waals surface area (Å²) in [5.74, 6) is 0.710. The Kier molecular flexibility index (Phi) is 3.76. The van der Waals surface area contributed by atoms with E-state index in [9.17, 15) is 0 Å². The van der Waals surface area contributed by atoms with Crippen LogP contribution in [0.4, 0.5) is 0 Å². The van der Waals surface area contributed by atoms with Gasteiger partial charge in [0.15, 0.2) is 0 Å². The molecule has 1 aromatic rings. The molecule has 0 aromatic heterocycles. The highest BCUT2D eigenvalue weighted by Crippen LogP contribution is 2.40. The first kappa shape index (κ1) is 13.8. The molecule has 2 aliphatic carbocycles. The molecular formula is C19H27NO. The van der Waals surface area contributed by atoms with E-state index in [2.05, 4.69) is 35.6 Å². The summed E-state index contributed by atoms with van der Waals surface area (Å²) < 4.78 is 6.30. The Bertz CT molecular complexity index is 466. The fraction of sp³-hybridized carbons (Fsp3) is 0.684. The second-order valence-electron chi connectivity index (χ2n) is 7.36. The van der Waals surface area contributed by atoms with Crippen molar-refractivity contribution in [3.05, 3.63) is 35.9 Å². The molecule has 1 aliphatic heterocycles. The number of morpholine rings is 1. The molecule has 2 heteroatoms. The number of ether oxygens (including phenoxy) is 1. The summed E-state index contributed by atoms with van der Waals surface area (Å²) >= 11 is 0. The molecule has 1 heterocycles. The minimum Gasteiger partial charge on any atom is -0.375 e. The Morgan fingerprint density at radius 3 is 2.62 bits per heavy atom. The van der Waals surface area contributed by atoms with Crippen LogP contribution in [0.2, 0.25) is 0 Å². The molecule has 3 fully saturated rings. The summed E-state index contributed by atoms with van der Waals surface area (Å²) in [5.41, 5.74) is 1.82. The fourth-order valence-electron chi connectivity index (χ4n) is 4.74. The Morgan fingerprint density at radius 1 is 1.00 bits per heavy atom. The van der Waals surface area contributed by atoms with Gasteiger partial charge in [0, 0.05) is 11.6 Å². The lowest BCUT2D eigenvalue weighted by Gasteiger charge is -2.50. The monoisotopic (exact) mass is 285 g/mol. The van der Waals surface area contributed by atoms with Crippen LogP contribution >= 0.6 is 0 Å². The van der Waals surface area contributed by atoms with Crippen LogP contribution in [0.1, 0.15) is 62.8 Å². The molecule has 0 radical (unpaired) electrons. The summed E-state index contributed by atoms with van der Waals surface area (Å²) in [6.07, 6.45) is 11.0. The smallest absolute Gasteiger partial charge is 0.0729 e. The van der Waals surface area contributed by atoms with Crippen molar-refractivity contribution in [2.24, 2.45) is 0 Å². The second kappa shape index (κ2) is 5.73. The van der Waals surface area contributed by atoms with Crippen LogP contribution in [0.15, 0.2) is 30.3 Å². The molecule has 0 bridgehead atoms. The first-order valence-corrected chi connectivity index (χ1v) is 8.79. The van der Waals surface area contributed by atoms with Crippen LogP contribution < -0.4 is 5.32 Å². The third kappa shape index (κ3) is 2.76. The van der Waals surface area contributed by atoms with E-state index in [-0.39, 0.29) is 0 Å². The van der Waals surface area contributed by atoms with Gasteiger partial charge < -0.3 is 10.1 Å². The maximum atomic E-state index is 6.30. The number of hydrogen-bond acceptors (Lipinski definition) is 2. The molecule has 2 nitrogen and oxygen atoms in total. The van der Waals surface area contributed by atoms with Crippen LogP contribution in [0.25, 0.3) is 0 Å². The van der Waals surface area contributed by atoms with E-state index in [0.717, 1.165) is 6.61 Å². The molecule has 2 saturated carbocycles.